The van der Waals surface area contributed by atoms with Gasteiger partial charge < -0.3 is 79.5 Å². The van der Waals surface area contributed by atoms with Gasteiger partial charge in [-0.1, -0.05) is 0 Å². The molecule has 5 fully saturated rings. The molecule has 0 bridgehead atoms. The van der Waals surface area contributed by atoms with Crippen LogP contribution in [0.25, 0.3) is 0 Å². The fourth-order valence-electron chi connectivity index (χ4n) is 7.31. The third kappa shape index (κ3) is 6.90. The number of ether oxygens (including phenoxy) is 6. The van der Waals surface area contributed by atoms with Crippen LogP contribution in [0.2, 0.25) is 0 Å². The largest absolute Gasteiger partial charge is 0.427 e. The van der Waals surface area contributed by atoms with E-state index in [4.69, 9.17) is 28.4 Å². The van der Waals surface area contributed by atoms with E-state index in [2.05, 4.69) is 0 Å². The van der Waals surface area contributed by atoms with Crippen LogP contribution in [0.5, 0.6) is 0 Å². The van der Waals surface area contributed by atoms with Gasteiger partial charge in [0.25, 0.3) is 0 Å². The highest BCUT2D eigenvalue weighted by molar-refractivity contribution is 5.00. The van der Waals surface area contributed by atoms with E-state index < -0.39 is 117 Å². The number of fused-ring (bicyclic) bond motifs is 1. The van der Waals surface area contributed by atoms with E-state index in [9.17, 15) is 51.1 Å². The summed E-state index contributed by atoms with van der Waals surface area (Å²) in [4.78, 5) is 0. The lowest BCUT2D eigenvalue weighted by molar-refractivity contribution is -0.382. The van der Waals surface area contributed by atoms with Crippen LogP contribution in [0.3, 0.4) is 0 Å². The van der Waals surface area contributed by atoms with Crippen molar-refractivity contribution in [3.8, 4) is 0 Å². The fourth-order valence-corrected chi connectivity index (χ4v) is 7.31. The predicted octanol–water partition coefficient (Wildman–Crippen LogP) is -5.42. The van der Waals surface area contributed by atoms with E-state index in [1.807, 2.05) is 0 Å². The van der Waals surface area contributed by atoms with Crippen LogP contribution in [0, 0.1) is 11.8 Å². The van der Waals surface area contributed by atoms with Crippen molar-refractivity contribution in [1.29, 1.82) is 0 Å². The average molecular weight is 628 g/mol. The van der Waals surface area contributed by atoms with Crippen molar-refractivity contribution in [3.63, 3.8) is 0 Å². The zero-order valence-electron chi connectivity index (χ0n) is 23.9. The Kier molecular flexibility index (Phi) is 11.0. The molecule has 43 heavy (non-hydrogen) atoms. The summed E-state index contributed by atoms with van der Waals surface area (Å²) in [6, 6.07) is 0. The average Bonchev–Trinajstić information content (AvgIpc) is 2.97. The lowest BCUT2D eigenvalue weighted by Gasteiger charge is -2.49. The zero-order valence-corrected chi connectivity index (χ0v) is 23.9. The molecule has 3 aliphatic heterocycles. The first kappa shape index (κ1) is 33.7. The molecule has 3 saturated heterocycles. The molecule has 5 aliphatic rings. The molecule has 3 heterocycles. The highest BCUT2D eigenvalue weighted by Crippen LogP contribution is 2.43. The van der Waals surface area contributed by atoms with Gasteiger partial charge in [-0.05, 0) is 19.3 Å². The van der Waals surface area contributed by atoms with Crippen LogP contribution in [-0.4, -0.2) is 180 Å². The minimum Gasteiger partial charge on any atom is -0.427 e. The summed E-state index contributed by atoms with van der Waals surface area (Å²) in [5, 5.41) is 104. The first-order chi connectivity index (χ1) is 20.4. The molecule has 0 aromatic rings. The summed E-state index contributed by atoms with van der Waals surface area (Å²) in [5.74, 6) is -0.757. The number of rotatable bonds is 7. The maximum absolute atomic E-state index is 11.0. The van der Waals surface area contributed by atoms with Gasteiger partial charge in [0.2, 0.25) is 0 Å². The Morgan fingerprint density at radius 1 is 0.698 bits per heavy atom. The number of hydrogen-bond donors (Lipinski definition) is 10. The van der Waals surface area contributed by atoms with E-state index in [-0.39, 0.29) is 31.8 Å². The van der Waals surface area contributed by atoms with Gasteiger partial charge in [0.15, 0.2) is 24.8 Å². The Balaban J connectivity index is 1.41. The van der Waals surface area contributed by atoms with Crippen LogP contribution >= 0.6 is 0 Å². The number of aliphatic hydroxyl groups is 12. The second-order valence-corrected chi connectivity index (χ2v) is 12.6. The monoisotopic (exact) mass is 627 g/mol. The Hall–Kier alpha value is -0.640. The van der Waals surface area contributed by atoms with Crippen molar-refractivity contribution in [3.05, 3.63) is 0 Å². The van der Waals surface area contributed by atoms with Crippen LogP contribution in [0.15, 0.2) is 0 Å². The summed E-state index contributed by atoms with van der Waals surface area (Å²) in [7, 11) is 1.43. The molecular formula is C27H47O16+. The van der Waals surface area contributed by atoms with Crippen LogP contribution in [0.4, 0.5) is 0 Å². The van der Waals surface area contributed by atoms with Crippen molar-refractivity contribution in [1.82, 2.24) is 0 Å². The van der Waals surface area contributed by atoms with E-state index >= 15 is 0 Å². The lowest BCUT2D eigenvalue weighted by atomic mass is 9.72. The molecule has 16 nitrogen and oxygen atoms in total. The lowest BCUT2D eigenvalue weighted by Crippen LogP contribution is -2.65. The van der Waals surface area contributed by atoms with Crippen molar-refractivity contribution in [2.75, 3.05) is 20.3 Å². The molecule has 5 rings (SSSR count). The molecule has 0 amide bonds. The molecule has 0 aromatic carbocycles. The smallest absolute Gasteiger partial charge is 0.187 e. The number of aliphatic hydroxyl groups excluding tert-OH is 10. The fraction of sp³-hybridized carbons (Fsp3) is 1.00. The molecule has 2 saturated carbocycles. The molecule has 2 aliphatic carbocycles. The third-order valence-corrected chi connectivity index (χ3v) is 9.78. The van der Waals surface area contributed by atoms with Gasteiger partial charge >= 0.3 is 0 Å². The van der Waals surface area contributed by atoms with Gasteiger partial charge in [-0.3, -0.25) is 0 Å². The van der Waals surface area contributed by atoms with Crippen molar-refractivity contribution >= 4 is 0 Å². The van der Waals surface area contributed by atoms with Gasteiger partial charge in [0.1, 0.15) is 54.9 Å². The topological polar surface area (TPSA) is 261 Å². The van der Waals surface area contributed by atoms with Gasteiger partial charge in [0, 0.05) is 25.9 Å². The van der Waals surface area contributed by atoms with Crippen molar-refractivity contribution < 1.29 is 79.5 Å². The Morgan fingerprint density at radius 2 is 1.44 bits per heavy atom. The summed E-state index contributed by atoms with van der Waals surface area (Å²) < 4.78 is 33.8. The normalized spacial score (nSPS) is 54.6. The quantitative estimate of drug-likeness (QED) is 0.118. The van der Waals surface area contributed by atoms with Gasteiger partial charge in [-0.2, -0.15) is 0 Å². The van der Waals surface area contributed by atoms with Crippen LogP contribution < -0.4 is 0 Å². The molecule has 16 heteroatoms. The van der Waals surface area contributed by atoms with Crippen LogP contribution in [0.1, 0.15) is 32.1 Å². The molecule has 11 N–H and O–H groups in total. The van der Waals surface area contributed by atoms with E-state index in [1.54, 1.807) is 0 Å². The SMILES string of the molecule is COC1CC(C2[OH+]C3CC(O)CC(O)C3CC2OC2OC(CO)C(O)C(O)C2OC2OCC(O)C(O)C2O)CC(O)C1O. The Morgan fingerprint density at radius 3 is 2.14 bits per heavy atom. The maximum atomic E-state index is 11.0. The number of hydrogen-bond acceptors (Lipinski definition) is 15. The molecular weight excluding hydrogens is 580 g/mol. The number of methoxy groups -OCH3 is 1. The Bertz CT molecular complexity index is 899. The molecule has 19 unspecified atom stereocenters. The molecule has 250 valence electrons. The van der Waals surface area contributed by atoms with E-state index in [0.29, 0.717) is 12.8 Å². The summed E-state index contributed by atoms with van der Waals surface area (Å²) in [5.41, 5.74) is 0. The standard InChI is InChI=1S/C27H46O16/c1-38-16-3-9(2-13(31)19(16)33)24-17(6-11-12(30)4-10(29)5-15(11)40-24)41-27-25(22(36)21(35)18(7-28)42-27)43-26-23(37)20(34)14(32)8-39-26/h9-37H,2-8H2,1H3/p+1. The first-order valence-electron chi connectivity index (χ1n) is 15.0. The van der Waals surface area contributed by atoms with E-state index in [0.717, 1.165) is 0 Å². The van der Waals surface area contributed by atoms with Gasteiger partial charge in [0.05, 0.1) is 43.5 Å². The van der Waals surface area contributed by atoms with Gasteiger partial charge in [-0.15, -0.1) is 0 Å². The maximum Gasteiger partial charge on any atom is 0.187 e. The van der Waals surface area contributed by atoms with Crippen molar-refractivity contribution in [2.45, 2.75) is 136 Å². The molecule has 0 spiro atoms. The molecule has 0 radical (unpaired) electrons. The first-order valence-corrected chi connectivity index (χ1v) is 15.0. The molecule has 0 aromatic heterocycles. The molecule has 19 atom stereocenters. The highest BCUT2D eigenvalue weighted by atomic mass is 16.8. The summed E-state index contributed by atoms with van der Waals surface area (Å²) in [6.45, 7) is -1.06. The van der Waals surface area contributed by atoms with Crippen molar-refractivity contribution in [2.24, 2.45) is 11.8 Å². The highest BCUT2D eigenvalue weighted by Gasteiger charge is 2.56. The second kappa shape index (κ2) is 14.0. The second-order valence-electron chi connectivity index (χ2n) is 12.6. The zero-order chi connectivity index (χ0) is 31.2. The van der Waals surface area contributed by atoms with Gasteiger partial charge in [-0.25, -0.2) is 0 Å². The summed E-state index contributed by atoms with van der Waals surface area (Å²) >= 11 is 0. The third-order valence-electron chi connectivity index (χ3n) is 9.78. The minimum absolute atomic E-state index is 0.155. The van der Waals surface area contributed by atoms with Crippen LogP contribution in [-0.2, 0) is 23.7 Å². The predicted molar refractivity (Wildman–Crippen MR) is 140 cm³/mol. The Labute approximate surface area is 248 Å². The summed E-state index contributed by atoms with van der Waals surface area (Å²) in [6.07, 6.45) is -19.1. The minimum atomic E-state index is -1.72. The van der Waals surface area contributed by atoms with E-state index in [1.165, 1.54) is 7.11 Å².